The van der Waals surface area contributed by atoms with Gasteiger partial charge in [0.1, 0.15) is 11.5 Å². The smallest absolute Gasteiger partial charge is 0.262 e. The molecule has 154 valence electrons. The SMILES string of the molecule is CCOc1ccc(NC(=O)COc2cccc(C(=O)NCc3ccccc3)c2)cc1. The fraction of sp³-hybridized carbons (Fsp3) is 0.167. The predicted molar refractivity (Wildman–Crippen MR) is 116 cm³/mol. The van der Waals surface area contributed by atoms with Gasteiger partial charge >= 0.3 is 0 Å². The van der Waals surface area contributed by atoms with Crippen molar-refractivity contribution in [3.8, 4) is 11.5 Å². The first-order valence-corrected chi connectivity index (χ1v) is 9.72. The van der Waals surface area contributed by atoms with Gasteiger partial charge in [0.25, 0.3) is 11.8 Å². The summed E-state index contributed by atoms with van der Waals surface area (Å²) in [5.74, 6) is 0.694. The predicted octanol–water partition coefficient (Wildman–Crippen LogP) is 4.03. The van der Waals surface area contributed by atoms with E-state index in [1.807, 2.05) is 37.3 Å². The molecule has 6 nitrogen and oxygen atoms in total. The molecule has 0 heterocycles. The highest BCUT2D eigenvalue weighted by Gasteiger charge is 2.08. The van der Waals surface area contributed by atoms with Crippen molar-refractivity contribution in [1.82, 2.24) is 5.32 Å². The first-order chi connectivity index (χ1) is 14.6. The van der Waals surface area contributed by atoms with Gasteiger partial charge < -0.3 is 20.1 Å². The third-order valence-corrected chi connectivity index (χ3v) is 4.21. The first-order valence-electron chi connectivity index (χ1n) is 9.72. The van der Waals surface area contributed by atoms with Gasteiger partial charge in [-0.05, 0) is 55.0 Å². The molecule has 0 aromatic heterocycles. The Morgan fingerprint density at radius 2 is 1.60 bits per heavy atom. The van der Waals surface area contributed by atoms with E-state index in [4.69, 9.17) is 9.47 Å². The zero-order valence-electron chi connectivity index (χ0n) is 16.8. The van der Waals surface area contributed by atoms with E-state index in [9.17, 15) is 9.59 Å². The molecule has 2 N–H and O–H groups in total. The highest BCUT2D eigenvalue weighted by Crippen LogP contribution is 2.16. The lowest BCUT2D eigenvalue weighted by Gasteiger charge is -2.10. The number of anilines is 1. The third kappa shape index (κ3) is 6.38. The van der Waals surface area contributed by atoms with Gasteiger partial charge in [-0.2, -0.15) is 0 Å². The third-order valence-electron chi connectivity index (χ3n) is 4.21. The van der Waals surface area contributed by atoms with Gasteiger partial charge in [-0.25, -0.2) is 0 Å². The summed E-state index contributed by atoms with van der Waals surface area (Å²) in [5.41, 5.74) is 2.14. The summed E-state index contributed by atoms with van der Waals surface area (Å²) in [4.78, 5) is 24.5. The number of amides is 2. The fourth-order valence-corrected chi connectivity index (χ4v) is 2.75. The largest absolute Gasteiger partial charge is 0.494 e. The van der Waals surface area contributed by atoms with Crippen LogP contribution >= 0.6 is 0 Å². The highest BCUT2D eigenvalue weighted by molar-refractivity contribution is 5.94. The maximum Gasteiger partial charge on any atom is 0.262 e. The number of benzene rings is 3. The molecule has 0 bridgehead atoms. The van der Waals surface area contributed by atoms with Crippen LogP contribution in [0, 0.1) is 0 Å². The molecule has 0 aliphatic heterocycles. The van der Waals surface area contributed by atoms with Crippen LogP contribution in [0.3, 0.4) is 0 Å². The van der Waals surface area contributed by atoms with Crippen molar-refractivity contribution in [2.45, 2.75) is 13.5 Å². The van der Waals surface area contributed by atoms with Crippen molar-refractivity contribution in [2.75, 3.05) is 18.5 Å². The maximum absolute atomic E-state index is 12.4. The van der Waals surface area contributed by atoms with Crippen molar-refractivity contribution in [3.05, 3.63) is 90.0 Å². The Labute approximate surface area is 175 Å². The molecule has 0 saturated carbocycles. The standard InChI is InChI=1S/C24H24N2O4/c1-2-29-21-13-11-20(12-14-21)26-23(27)17-30-22-10-6-9-19(15-22)24(28)25-16-18-7-4-3-5-8-18/h3-15H,2,16-17H2,1H3,(H,25,28)(H,26,27). The number of ether oxygens (including phenoxy) is 2. The summed E-state index contributed by atoms with van der Waals surface area (Å²) in [5, 5.41) is 5.63. The summed E-state index contributed by atoms with van der Waals surface area (Å²) in [6.07, 6.45) is 0. The van der Waals surface area contributed by atoms with Crippen LogP contribution in [-0.4, -0.2) is 25.0 Å². The topological polar surface area (TPSA) is 76.7 Å². The van der Waals surface area contributed by atoms with E-state index in [2.05, 4.69) is 10.6 Å². The Hall–Kier alpha value is -3.80. The van der Waals surface area contributed by atoms with Crippen LogP contribution in [0.4, 0.5) is 5.69 Å². The van der Waals surface area contributed by atoms with Crippen molar-refractivity contribution >= 4 is 17.5 Å². The molecular formula is C24H24N2O4. The van der Waals surface area contributed by atoms with Gasteiger partial charge in [0.05, 0.1) is 6.61 Å². The summed E-state index contributed by atoms with van der Waals surface area (Å²) in [6.45, 7) is 2.77. The summed E-state index contributed by atoms with van der Waals surface area (Å²) in [6, 6.07) is 23.5. The second kappa shape index (κ2) is 10.7. The maximum atomic E-state index is 12.4. The van der Waals surface area contributed by atoms with Crippen LogP contribution < -0.4 is 20.1 Å². The van der Waals surface area contributed by atoms with E-state index in [-0.39, 0.29) is 18.4 Å². The van der Waals surface area contributed by atoms with Crippen LogP contribution in [0.25, 0.3) is 0 Å². The van der Waals surface area contributed by atoms with E-state index in [1.165, 1.54) is 0 Å². The molecule has 2 amide bonds. The van der Waals surface area contributed by atoms with E-state index in [0.29, 0.717) is 30.2 Å². The Morgan fingerprint density at radius 3 is 2.33 bits per heavy atom. The second-order valence-electron chi connectivity index (χ2n) is 6.49. The number of hydrogen-bond acceptors (Lipinski definition) is 4. The molecule has 3 aromatic rings. The summed E-state index contributed by atoms with van der Waals surface area (Å²) >= 11 is 0. The molecule has 6 heteroatoms. The number of nitrogens with one attached hydrogen (secondary N) is 2. The van der Waals surface area contributed by atoms with Crippen LogP contribution in [-0.2, 0) is 11.3 Å². The van der Waals surface area contributed by atoms with Gasteiger partial charge in [-0.1, -0.05) is 36.4 Å². The van der Waals surface area contributed by atoms with Crippen molar-refractivity contribution in [1.29, 1.82) is 0 Å². The molecule has 0 atom stereocenters. The van der Waals surface area contributed by atoms with Gasteiger partial charge in [0.2, 0.25) is 0 Å². The lowest BCUT2D eigenvalue weighted by atomic mass is 10.2. The average molecular weight is 404 g/mol. The number of carbonyl (C=O) groups is 2. The molecule has 0 aliphatic carbocycles. The molecule has 3 aromatic carbocycles. The molecular weight excluding hydrogens is 380 g/mol. The molecule has 0 saturated heterocycles. The minimum absolute atomic E-state index is 0.164. The van der Waals surface area contributed by atoms with Gasteiger partial charge in [-0.3, -0.25) is 9.59 Å². The van der Waals surface area contributed by atoms with E-state index >= 15 is 0 Å². The van der Waals surface area contributed by atoms with E-state index in [1.54, 1.807) is 48.5 Å². The lowest BCUT2D eigenvalue weighted by Crippen LogP contribution is -2.23. The van der Waals surface area contributed by atoms with Crippen LogP contribution in [0.1, 0.15) is 22.8 Å². The number of hydrogen-bond donors (Lipinski definition) is 2. The van der Waals surface area contributed by atoms with Gasteiger partial charge in [0.15, 0.2) is 6.61 Å². The van der Waals surface area contributed by atoms with Crippen molar-refractivity contribution in [2.24, 2.45) is 0 Å². The molecule has 0 unspecified atom stereocenters. The molecule has 0 spiro atoms. The molecule has 30 heavy (non-hydrogen) atoms. The quantitative estimate of drug-likeness (QED) is 0.565. The van der Waals surface area contributed by atoms with Gasteiger partial charge in [0, 0.05) is 17.8 Å². The number of rotatable bonds is 9. The van der Waals surface area contributed by atoms with Crippen molar-refractivity contribution in [3.63, 3.8) is 0 Å². The minimum Gasteiger partial charge on any atom is -0.494 e. The highest BCUT2D eigenvalue weighted by atomic mass is 16.5. The van der Waals surface area contributed by atoms with E-state index < -0.39 is 0 Å². The van der Waals surface area contributed by atoms with Crippen LogP contribution in [0.5, 0.6) is 11.5 Å². The summed E-state index contributed by atoms with van der Waals surface area (Å²) in [7, 11) is 0. The Balaban J connectivity index is 1.49. The number of carbonyl (C=O) groups excluding carboxylic acids is 2. The molecule has 0 fully saturated rings. The summed E-state index contributed by atoms with van der Waals surface area (Å²) < 4.78 is 10.9. The monoisotopic (exact) mass is 404 g/mol. The second-order valence-corrected chi connectivity index (χ2v) is 6.49. The van der Waals surface area contributed by atoms with Crippen LogP contribution in [0.2, 0.25) is 0 Å². The van der Waals surface area contributed by atoms with Crippen LogP contribution in [0.15, 0.2) is 78.9 Å². The van der Waals surface area contributed by atoms with E-state index in [0.717, 1.165) is 11.3 Å². The normalized spacial score (nSPS) is 10.2. The average Bonchev–Trinajstić information content (AvgIpc) is 2.78. The Morgan fingerprint density at radius 1 is 0.833 bits per heavy atom. The zero-order chi connectivity index (χ0) is 21.2. The minimum atomic E-state index is -0.293. The molecule has 0 radical (unpaired) electrons. The van der Waals surface area contributed by atoms with Crippen molar-refractivity contribution < 1.29 is 19.1 Å². The first kappa shape index (κ1) is 20.9. The zero-order valence-corrected chi connectivity index (χ0v) is 16.8. The molecule has 0 aliphatic rings. The van der Waals surface area contributed by atoms with Gasteiger partial charge in [-0.15, -0.1) is 0 Å². The fourth-order valence-electron chi connectivity index (χ4n) is 2.75. The Bertz CT molecular complexity index is 972. The lowest BCUT2D eigenvalue weighted by molar-refractivity contribution is -0.118. The Kier molecular flexibility index (Phi) is 7.44. The molecule has 3 rings (SSSR count).